The van der Waals surface area contributed by atoms with Crippen molar-refractivity contribution in [3.63, 3.8) is 0 Å². The third-order valence-electron chi connectivity index (χ3n) is 2.49. The van der Waals surface area contributed by atoms with Gasteiger partial charge < -0.3 is 4.90 Å². The van der Waals surface area contributed by atoms with Crippen molar-refractivity contribution in [3.8, 4) is 0 Å². The molecule has 0 saturated carbocycles. The van der Waals surface area contributed by atoms with E-state index in [2.05, 4.69) is 53.7 Å². The number of unbranched alkanes of at least 4 members (excludes halogenated alkanes) is 1. The first-order chi connectivity index (χ1) is 6.61. The highest BCUT2D eigenvalue weighted by atomic mass is 79.9. The summed E-state index contributed by atoms with van der Waals surface area (Å²) in [6.07, 6.45) is 2.59. The van der Waals surface area contributed by atoms with Crippen molar-refractivity contribution in [3.05, 3.63) is 0 Å². The first-order valence-electron chi connectivity index (χ1n) is 5.56. The highest BCUT2D eigenvalue weighted by Crippen LogP contribution is 2.03. The lowest BCUT2D eigenvalue weighted by Crippen LogP contribution is -2.40. The largest absolute Gasteiger partial charge is 0.308 e. The van der Waals surface area contributed by atoms with Gasteiger partial charge in [0.25, 0.3) is 0 Å². The Morgan fingerprint density at radius 3 is 2.29 bits per heavy atom. The van der Waals surface area contributed by atoms with Gasteiger partial charge in [-0.2, -0.15) is 0 Å². The average molecular weight is 265 g/mol. The Morgan fingerprint density at radius 2 is 1.86 bits per heavy atom. The van der Waals surface area contributed by atoms with E-state index in [0.717, 1.165) is 18.4 Å². The van der Waals surface area contributed by atoms with Crippen molar-refractivity contribution in [2.24, 2.45) is 0 Å². The Hall–Kier alpha value is 0.400. The van der Waals surface area contributed by atoms with Gasteiger partial charge in [-0.3, -0.25) is 4.90 Å². The number of hydrogen-bond acceptors (Lipinski definition) is 2. The first kappa shape index (κ1) is 14.4. The van der Waals surface area contributed by atoms with Gasteiger partial charge in [-0.1, -0.05) is 22.9 Å². The molecule has 0 N–H and O–H groups in total. The van der Waals surface area contributed by atoms with Crippen LogP contribution in [0.25, 0.3) is 0 Å². The lowest BCUT2D eigenvalue weighted by Gasteiger charge is -2.29. The molecule has 0 spiro atoms. The number of hydrogen-bond donors (Lipinski definition) is 0. The second-order valence-electron chi connectivity index (χ2n) is 4.14. The topological polar surface area (TPSA) is 6.48 Å². The normalized spacial score (nSPS) is 13.9. The molecule has 0 bridgehead atoms. The summed E-state index contributed by atoms with van der Waals surface area (Å²) in [6, 6.07) is 0.672. The van der Waals surface area contributed by atoms with Crippen LogP contribution in [0.5, 0.6) is 0 Å². The second kappa shape index (κ2) is 8.69. The van der Waals surface area contributed by atoms with E-state index in [1.807, 2.05) is 0 Å². The molecule has 0 heterocycles. The minimum Gasteiger partial charge on any atom is -0.308 e. The SMILES string of the molecule is CCN(CCCCBr)C(C)CN(C)C. The van der Waals surface area contributed by atoms with Crippen molar-refractivity contribution in [2.45, 2.75) is 32.7 Å². The van der Waals surface area contributed by atoms with Crippen molar-refractivity contribution >= 4 is 15.9 Å². The standard InChI is InChI=1S/C11H25BrN2/c1-5-14(9-7-6-8-12)11(2)10-13(3)4/h11H,5-10H2,1-4H3. The van der Waals surface area contributed by atoms with Crippen LogP contribution in [0.1, 0.15) is 26.7 Å². The number of rotatable bonds is 8. The molecule has 0 aromatic heterocycles. The van der Waals surface area contributed by atoms with Crippen LogP contribution in [0.15, 0.2) is 0 Å². The van der Waals surface area contributed by atoms with E-state index in [-0.39, 0.29) is 0 Å². The Kier molecular flexibility index (Phi) is 8.94. The van der Waals surface area contributed by atoms with Crippen LogP contribution in [0.2, 0.25) is 0 Å². The van der Waals surface area contributed by atoms with Gasteiger partial charge >= 0.3 is 0 Å². The summed E-state index contributed by atoms with van der Waals surface area (Å²) in [4.78, 5) is 4.82. The van der Waals surface area contributed by atoms with Gasteiger partial charge in [0.05, 0.1) is 0 Å². The van der Waals surface area contributed by atoms with Gasteiger partial charge in [0.2, 0.25) is 0 Å². The Balaban J connectivity index is 3.74. The number of nitrogens with zero attached hydrogens (tertiary/aromatic N) is 2. The molecule has 0 aliphatic carbocycles. The van der Waals surface area contributed by atoms with Crippen LogP contribution in [-0.2, 0) is 0 Å². The summed E-state index contributed by atoms with van der Waals surface area (Å²) >= 11 is 3.47. The molecule has 1 unspecified atom stereocenters. The molecule has 0 amide bonds. The predicted molar refractivity (Wildman–Crippen MR) is 68.3 cm³/mol. The van der Waals surface area contributed by atoms with Crippen molar-refractivity contribution in [1.82, 2.24) is 9.80 Å². The van der Waals surface area contributed by atoms with Gasteiger partial charge in [0.1, 0.15) is 0 Å². The van der Waals surface area contributed by atoms with Gasteiger partial charge in [-0.15, -0.1) is 0 Å². The molecule has 0 saturated heterocycles. The lowest BCUT2D eigenvalue weighted by molar-refractivity contribution is 0.179. The maximum absolute atomic E-state index is 3.47. The fourth-order valence-corrected chi connectivity index (χ4v) is 2.14. The van der Waals surface area contributed by atoms with Crippen LogP contribution in [0.3, 0.4) is 0 Å². The van der Waals surface area contributed by atoms with E-state index in [9.17, 15) is 0 Å². The van der Waals surface area contributed by atoms with Gasteiger partial charge in [-0.25, -0.2) is 0 Å². The van der Waals surface area contributed by atoms with Crippen LogP contribution in [0.4, 0.5) is 0 Å². The molecule has 2 nitrogen and oxygen atoms in total. The van der Waals surface area contributed by atoms with Crippen molar-refractivity contribution in [2.75, 3.05) is 39.1 Å². The monoisotopic (exact) mass is 264 g/mol. The van der Waals surface area contributed by atoms with E-state index in [1.165, 1.54) is 19.4 Å². The molecular weight excluding hydrogens is 240 g/mol. The van der Waals surface area contributed by atoms with Crippen molar-refractivity contribution in [1.29, 1.82) is 0 Å². The average Bonchev–Trinajstić information content (AvgIpc) is 2.11. The zero-order valence-corrected chi connectivity index (χ0v) is 11.7. The molecule has 0 aliphatic heterocycles. The summed E-state index contributed by atoms with van der Waals surface area (Å²) < 4.78 is 0. The minimum atomic E-state index is 0.672. The Bertz CT molecular complexity index is 128. The predicted octanol–water partition coefficient (Wildman–Crippen LogP) is 2.43. The maximum Gasteiger partial charge on any atom is 0.0194 e. The van der Waals surface area contributed by atoms with E-state index >= 15 is 0 Å². The van der Waals surface area contributed by atoms with Gasteiger partial charge in [-0.05, 0) is 47.0 Å². The fraction of sp³-hybridized carbons (Fsp3) is 1.00. The Morgan fingerprint density at radius 1 is 1.21 bits per heavy atom. The molecule has 0 aliphatic rings. The van der Waals surface area contributed by atoms with Crippen LogP contribution >= 0.6 is 15.9 Å². The molecule has 14 heavy (non-hydrogen) atoms. The summed E-state index contributed by atoms with van der Waals surface area (Å²) in [5.74, 6) is 0. The molecule has 0 rings (SSSR count). The molecular formula is C11H25BrN2. The Labute approximate surface area is 97.8 Å². The molecule has 1 atom stereocenters. The molecule has 3 heteroatoms. The molecule has 86 valence electrons. The summed E-state index contributed by atoms with van der Waals surface area (Å²) in [6.45, 7) is 8.12. The summed E-state index contributed by atoms with van der Waals surface area (Å²) in [5.41, 5.74) is 0. The smallest absolute Gasteiger partial charge is 0.0194 e. The molecule has 0 radical (unpaired) electrons. The number of likely N-dealkylation sites (N-methyl/N-ethyl adjacent to an activating group) is 2. The maximum atomic E-state index is 3.47. The molecule has 0 fully saturated rings. The first-order valence-corrected chi connectivity index (χ1v) is 6.68. The highest BCUT2D eigenvalue weighted by Gasteiger charge is 2.11. The molecule has 0 aromatic rings. The summed E-state index contributed by atoms with van der Waals surface area (Å²) in [5, 5.41) is 1.13. The van der Waals surface area contributed by atoms with Gasteiger partial charge in [0, 0.05) is 17.9 Å². The zero-order chi connectivity index (χ0) is 11.0. The molecule has 0 aromatic carbocycles. The highest BCUT2D eigenvalue weighted by molar-refractivity contribution is 9.09. The van der Waals surface area contributed by atoms with Gasteiger partial charge in [0.15, 0.2) is 0 Å². The van der Waals surface area contributed by atoms with Crippen LogP contribution in [-0.4, -0.2) is 54.9 Å². The lowest BCUT2D eigenvalue weighted by atomic mass is 10.2. The third kappa shape index (κ3) is 6.80. The van der Waals surface area contributed by atoms with E-state index in [4.69, 9.17) is 0 Å². The zero-order valence-electron chi connectivity index (χ0n) is 10.1. The van der Waals surface area contributed by atoms with E-state index < -0.39 is 0 Å². The fourth-order valence-electron chi connectivity index (χ4n) is 1.74. The van der Waals surface area contributed by atoms with E-state index in [0.29, 0.717) is 6.04 Å². The van der Waals surface area contributed by atoms with E-state index in [1.54, 1.807) is 0 Å². The number of halogens is 1. The number of alkyl halides is 1. The minimum absolute atomic E-state index is 0.672. The van der Waals surface area contributed by atoms with Crippen LogP contribution in [0, 0.1) is 0 Å². The summed E-state index contributed by atoms with van der Waals surface area (Å²) in [7, 11) is 4.28. The van der Waals surface area contributed by atoms with Crippen molar-refractivity contribution < 1.29 is 0 Å². The third-order valence-corrected chi connectivity index (χ3v) is 3.05. The van der Waals surface area contributed by atoms with Crippen LogP contribution < -0.4 is 0 Å². The quantitative estimate of drug-likeness (QED) is 0.491. The second-order valence-corrected chi connectivity index (χ2v) is 4.93.